The first kappa shape index (κ1) is 17.5. The van der Waals surface area contributed by atoms with Crippen molar-refractivity contribution in [2.24, 2.45) is 5.92 Å². The Hall–Kier alpha value is -0.570. The molecule has 1 rings (SSSR count). The monoisotopic (exact) mass is 296 g/mol. The molecular formula is C17H29ClN2. The molecule has 0 aliphatic heterocycles. The van der Waals surface area contributed by atoms with E-state index in [4.69, 9.17) is 11.6 Å². The van der Waals surface area contributed by atoms with Crippen LogP contribution in [-0.2, 0) is 0 Å². The second kappa shape index (κ2) is 8.66. The molecule has 114 valence electrons. The summed E-state index contributed by atoms with van der Waals surface area (Å²) in [6.07, 6.45) is 1.15. The van der Waals surface area contributed by atoms with Gasteiger partial charge in [-0.1, -0.05) is 44.5 Å². The zero-order valence-corrected chi connectivity index (χ0v) is 14.2. The van der Waals surface area contributed by atoms with Crippen LogP contribution in [0.1, 0.15) is 45.7 Å². The van der Waals surface area contributed by atoms with Crippen LogP contribution in [0.3, 0.4) is 0 Å². The minimum Gasteiger partial charge on any atom is -0.315 e. The highest BCUT2D eigenvalue weighted by molar-refractivity contribution is 6.30. The lowest BCUT2D eigenvalue weighted by molar-refractivity contribution is 0.175. The third-order valence-electron chi connectivity index (χ3n) is 3.92. The summed E-state index contributed by atoms with van der Waals surface area (Å²) >= 11 is 6.09. The molecule has 2 unspecified atom stereocenters. The van der Waals surface area contributed by atoms with E-state index in [1.54, 1.807) is 0 Å². The van der Waals surface area contributed by atoms with Crippen LogP contribution in [0.5, 0.6) is 0 Å². The van der Waals surface area contributed by atoms with E-state index < -0.39 is 0 Å². The van der Waals surface area contributed by atoms with Gasteiger partial charge in [-0.15, -0.1) is 0 Å². The van der Waals surface area contributed by atoms with Crippen LogP contribution >= 0.6 is 11.6 Å². The maximum atomic E-state index is 6.09. The van der Waals surface area contributed by atoms with E-state index in [1.165, 1.54) is 5.56 Å². The average molecular weight is 297 g/mol. The lowest BCUT2D eigenvalue weighted by Crippen LogP contribution is -2.41. The Balaban J connectivity index is 2.62. The van der Waals surface area contributed by atoms with Gasteiger partial charge in [0.25, 0.3) is 0 Å². The average Bonchev–Trinajstić information content (AvgIpc) is 2.42. The standard InChI is InChI=1S/C17H29ClN2/c1-6-17(12-19-11-13(2)3)20(5)14(4)15-8-7-9-16(18)10-15/h7-10,13-14,17,19H,6,11-12H2,1-5H3. The highest BCUT2D eigenvalue weighted by Crippen LogP contribution is 2.24. The Labute approximate surface area is 129 Å². The van der Waals surface area contributed by atoms with Gasteiger partial charge in [0.2, 0.25) is 0 Å². The highest BCUT2D eigenvalue weighted by atomic mass is 35.5. The van der Waals surface area contributed by atoms with Gasteiger partial charge in [-0.2, -0.15) is 0 Å². The molecular weight excluding hydrogens is 268 g/mol. The van der Waals surface area contributed by atoms with Gasteiger partial charge in [0.1, 0.15) is 0 Å². The Morgan fingerprint density at radius 2 is 1.90 bits per heavy atom. The fourth-order valence-electron chi connectivity index (χ4n) is 2.43. The molecule has 20 heavy (non-hydrogen) atoms. The Morgan fingerprint density at radius 3 is 2.45 bits per heavy atom. The summed E-state index contributed by atoms with van der Waals surface area (Å²) in [4.78, 5) is 2.44. The Bertz CT molecular complexity index is 392. The van der Waals surface area contributed by atoms with Crippen molar-refractivity contribution in [3.63, 3.8) is 0 Å². The molecule has 0 saturated heterocycles. The molecule has 0 fully saturated rings. The van der Waals surface area contributed by atoms with Crippen LogP contribution in [0.15, 0.2) is 24.3 Å². The summed E-state index contributed by atoms with van der Waals surface area (Å²) < 4.78 is 0. The fourth-order valence-corrected chi connectivity index (χ4v) is 2.63. The number of benzene rings is 1. The fraction of sp³-hybridized carbons (Fsp3) is 0.647. The number of hydrogen-bond acceptors (Lipinski definition) is 2. The molecule has 0 aliphatic carbocycles. The molecule has 2 atom stereocenters. The van der Waals surface area contributed by atoms with Gasteiger partial charge in [0.15, 0.2) is 0 Å². The predicted molar refractivity (Wildman–Crippen MR) is 89.4 cm³/mol. The lowest BCUT2D eigenvalue weighted by Gasteiger charge is -2.33. The Morgan fingerprint density at radius 1 is 1.20 bits per heavy atom. The van der Waals surface area contributed by atoms with Crippen LogP contribution in [0.25, 0.3) is 0 Å². The number of halogens is 1. The molecule has 0 radical (unpaired) electrons. The molecule has 0 aromatic heterocycles. The molecule has 1 N–H and O–H groups in total. The number of hydrogen-bond donors (Lipinski definition) is 1. The van der Waals surface area contributed by atoms with E-state index in [0.29, 0.717) is 18.0 Å². The molecule has 0 spiro atoms. The molecule has 0 heterocycles. The number of rotatable bonds is 8. The lowest BCUT2D eigenvalue weighted by atomic mass is 10.0. The summed E-state index contributed by atoms with van der Waals surface area (Å²) in [5.74, 6) is 0.697. The summed E-state index contributed by atoms with van der Waals surface area (Å²) in [7, 11) is 2.21. The number of nitrogens with one attached hydrogen (secondary N) is 1. The quantitative estimate of drug-likeness (QED) is 0.767. The van der Waals surface area contributed by atoms with Gasteiger partial charge in [0.05, 0.1) is 0 Å². The molecule has 1 aromatic rings. The first-order valence-corrected chi connectivity index (χ1v) is 8.01. The van der Waals surface area contributed by atoms with Crippen molar-refractivity contribution in [2.45, 2.75) is 46.2 Å². The zero-order chi connectivity index (χ0) is 15.1. The van der Waals surface area contributed by atoms with E-state index in [1.807, 2.05) is 12.1 Å². The third kappa shape index (κ3) is 5.43. The van der Waals surface area contributed by atoms with E-state index in [9.17, 15) is 0 Å². The molecule has 0 bridgehead atoms. The smallest absolute Gasteiger partial charge is 0.0409 e. The van der Waals surface area contributed by atoms with Crippen LogP contribution < -0.4 is 5.32 Å². The first-order valence-electron chi connectivity index (χ1n) is 7.63. The topological polar surface area (TPSA) is 15.3 Å². The summed E-state index contributed by atoms with van der Waals surface area (Å²) in [5, 5.41) is 4.38. The van der Waals surface area contributed by atoms with Gasteiger partial charge in [0, 0.05) is 23.7 Å². The van der Waals surface area contributed by atoms with Crippen LogP contribution in [0.4, 0.5) is 0 Å². The summed E-state index contributed by atoms with van der Waals surface area (Å²) in [5.41, 5.74) is 1.28. The molecule has 0 amide bonds. The van der Waals surface area contributed by atoms with Gasteiger partial charge >= 0.3 is 0 Å². The second-order valence-corrected chi connectivity index (χ2v) is 6.45. The van der Waals surface area contributed by atoms with Gasteiger partial charge in [-0.05, 0) is 50.6 Å². The van der Waals surface area contributed by atoms with Crippen molar-refractivity contribution >= 4 is 11.6 Å². The molecule has 3 heteroatoms. The zero-order valence-electron chi connectivity index (χ0n) is 13.5. The normalized spacial score (nSPS) is 14.8. The molecule has 1 aromatic carbocycles. The predicted octanol–water partition coefficient (Wildman–Crippen LogP) is 4.36. The van der Waals surface area contributed by atoms with Gasteiger partial charge < -0.3 is 5.32 Å². The largest absolute Gasteiger partial charge is 0.315 e. The van der Waals surface area contributed by atoms with E-state index in [-0.39, 0.29) is 0 Å². The van der Waals surface area contributed by atoms with Gasteiger partial charge in [-0.3, -0.25) is 4.90 Å². The molecule has 0 saturated carbocycles. The molecule has 2 nitrogen and oxygen atoms in total. The van der Waals surface area contributed by atoms with Crippen molar-refractivity contribution in [1.29, 1.82) is 0 Å². The first-order chi connectivity index (χ1) is 9.45. The summed E-state index contributed by atoms with van der Waals surface area (Å²) in [6.45, 7) is 11.1. The maximum Gasteiger partial charge on any atom is 0.0409 e. The van der Waals surface area contributed by atoms with Crippen LogP contribution in [0.2, 0.25) is 5.02 Å². The second-order valence-electron chi connectivity index (χ2n) is 6.01. The molecule has 0 aliphatic rings. The Kier molecular flexibility index (Phi) is 7.57. The minimum atomic E-state index is 0.375. The highest BCUT2D eigenvalue weighted by Gasteiger charge is 2.19. The van der Waals surface area contributed by atoms with Crippen molar-refractivity contribution in [3.05, 3.63) is 34.9 Å². The van der Waals surface area contributed by atoms with Gasteiger partial charge in [-0.25, -0.2) is 0 Å². The van der Waals surface area contributed by atoms with Crippen LogP contribution in [0, 0.1) is 5.92 Å². The maximum absolute atomic E-state index is 6.09. The van der Waals surface area contributed by atoms with E-state index in [2.05, 4.69) is 57.1 Å². The third-order valence-corrected chi connectivity index (χ3v) is 4.16. The van der Waals surface area contributed by atoms with Crippen molar-refractivity contribution in [1.82, 2.24) is 10.2 Å². The SMILES string of the molecule is CCC(CNCC(C)C)N(C)C(C)c1cccc(Cl)c1. The minimum absolute atomic E-state index is 0.375. The van der Waals surface area contributed by atoms with Crippen molar-refractivity contribution in [3.8, 4) is 0 Å². The van der Waals surface area contributed by atoms with Crippen molar-refractivity contribution in [2.75, 3.05) is 20.1 Å². The van der Waals surface area contributed by atoms with Crippen LogP contribution in [-0.4, -0.2) is 31.1 Å². The van der Waals surface area contributed by atoms with E-state index in [0.717, 1.165) is 24.5 Å². The summed E-state index contributed by atoms with van der Waals surface area (Å²) in [6, 6.07) is 9.10. The van der Waals surface area contributed by atoms with Crippen molar-refractivity contribution < 1.29 is 0 Å². The number of likely N-dealkylation sites (N-methyl/N-ethyl adjacent to an activating group) is 1. The van der Waals surface area contributed by atoms with E-state index >= 15 is 0 Å². The number of nitrogens with zero attached hydrogens (tertiary/aromatic N) is 1.